The van der Waals surface area contributed by atoms with E-state index in [-0.39, 0.29) is 12.5 Å². The predicted molar refractivity (Wildman–Crippen MR) is 108 cm³/mol. The van der Waals surface area contributed by atoms with Gasteiger partial charge in [0.2, 0.25) is 0 Å². The first-order valence-corrected chi connectivity index (χ1v) is 9.09. The van der Waals surface area contributed by atoms with Gasteiger partial charge in [-0.05, 0) is 43.2 Å². The number of aryl methyl sites for hydroxylation is 3. The van der Waals surface area contributed by atoms with Gasteiger partial charge in [0.1, 0.15) is 23.4 Å². The summed E-state index contributed by atoms with van der Waals surface area (Å²) in [6.45, 7) is 3.97. The van der Waals surface area contributed by atoms with Gasteiger partial charge in [-0.1, -0.05) is 24.3 Å². The second kappa shape index (κ2) is 8.61. The van der Waals surface area contributed by atoms with Crippen LogP contribution in [0.1, 0.15) is 28.6 Å². The maximum absolute atomic E-state index is 12.6. The normalized spacial score (nSPS) is 11.7. The first-order valence-electron chi connectivity index (χ1n) is 9.09. The summed E-state index contributed by atoms with van der Waals surface area (Å²) in [4.78, 5) is 17.1. The summed E-state index contributed by atoms with van der Waals surface area (Å²) in [5.41, 5.74) is 3.14. The molecule has 0 radical (unpaired) electrons. The number of amides is 1. The molecule has 0 saturated carbocycles. The van der Waals surface area contributed by atoms with Crippen LogP contribution >= 0.6 is 0 Å². The molecule has 1 amide bonds. The topological polar surface area (TPSA) is 65.4 Å². The van der Waals surface area contributed by atoms with E-state index in [2.05, 4.69) is 10.3 Å². The fourth-order valence-electron chi connectivity index (χ4n) is 3.00. The Morgan fingerprint density at radius 2 is 1.96 bits per heavy atom. The minimum Gasteiger partial charge on any atom is -0.496 e. The second-order valence-electron chi connectivity index (χ2n) is 6.67. The van der Waals surface area contributed by atoms with Crippen LogP contribution in [0, 0.1) is 13.8 Å². The van der Waals surface area contributed by atoms with Crippen LogP contribution in [0.15, 0.2) is 54.9 Å². The van der Waals surface area contributed by atoms with E-state index in [9.17, 15) is 4.79 Å². The van der Waals surface area contributed by atoms with Gasteiger partial charge in [-0.25, -0.2) is 4.98 Å². The highest BCUT2D eigenvalue weighted by molar-refractivity contribution is 5.78. The summed E-state index contributed by atoms with van der Waals surface area (Å²) in [5, 5.41) is 3.02. The van der Waals surface area contributed by atoms with Crippen LogP contribution < -0.4 is 14.8 Å². The number of nitrogens with one attached hydrogen (secondary N) is 1. The minimum atomic E-state index is -0.452. The third-order valence-corrected chi connectivity index (χ3v) is 4.72. The molecular formula is C22H25N3O3. The molecule has 146 valence electrons. The highest BCUT2D eigenvalue weighted by Crippen LogP contribution is 2.29. The molecule has 3 aromatic rings. The number of ether oxygens (including phenoxy) is 2. The van der Waals surface area contributed by atoms with Gasteiger partial charge >= 0.3 is 0 Å². The fraction of sp³-hybridized carbons (Fsp3) is 0.273. The minimum absolute atomic E-state index is 0.0847. The maximum Gasteiger partial charge on any atom is 0.258 e. The third-order valence-electron chi connectivity index (χ3n) is 4.72. The van der Waals surface area contributed by atoms with Crippen LogP contribution in [0.25, 0.3) is 0 Å². The average molecular weight is 379 g/mol. The molecule has 1 heterocycles. The molecule has 6 nitrogen and oxygen atoms in total. The second-order valence-corrected chi connectivity index (χ2v) is 6.67. The lowest BCUT2D eigenvalue weighted by Gasteiger charge is -2.21. The molecule has 1 aromatic heterocycles. The first-order chi connectivity index (χ1) is 13.5. The zero-order chi connectivity index (χ0) is 20.1. The fourth-order valence-corrected chi connectivity index (χ4v) is 3.00. The lowest BCUT2D eigenvalue weighted by atomic mass is 10.0. The molecule has 0 fully saturated rings. The number of para-hydroxylation sites is 1. The molecule has 0 aliphatic heterocycles. The number of rotatable bonds is 7. The molecule has 1 atom stereocenters. The Bertz CT molecular complexity index is 965. The zero-order valence-corrected chi connectivity index (χ0v) is 16.6. The molecular weight excluding hydrogens is 354 g/mol. The first kappa shape index (κ1) is 19.5. The van der Waals surface area contributed by atoms with E-state index in [0.29, 0.717) is 17.3 Å². The van der Waals surface area contributed by atoms with Crippen molar-refractivity contribution >= 4 is 5.91 Å². The van der Waals surface area contributed by atoms with Gasteiger partial charge in [-0.3, -0.25) is 4.79 Å². The lowest BCUT2D eigenvalue weighted by molar-refractivity contribution is -0.123. The van der Waals surface area contributed by atoms with E-state index < -0.39 is 6.04 Å². The Balaban J connectivity index is 1.78. The number of carbonyl (C=O) groups excluding carboxylic acids is 1. The van der Waals surface area contributed by atoms with Crippen LogP contribution in [-0.4, -0.2) is 29.2 Å². The molecule has 0 bridgehead atoms. The number of hydrogen-bond acceptors (Lipinski definition) is 4. The molecule has 0 saturated heterocycles. The molecule has 28 heavy (non-hydrogen) atoms. The SMILES string of the molecule is COc1ccccc1C(NC(=O)COc1ccc(C)c(C)c1)c1nccn1C. The van der Waals surface area contributed by atoms with Gasteiger partial charge in [0.25, 0.3) is 5.91 Å². The molecule has 0 aliphatic carbocycles. The van der Waals surface area contributed by atoms with Crippen molar-refractivity contribution < 1.29 is 14.3 Å². The van der Waals surface area contributed by atoms with Crippen molar-refractivity contribution in [2.45, 2.75) is 19.9 Å². The van der Waals surface area contributed by atoms with Crippen LogP contribution in [0.4, 0.5) is 0 Å². The van der Waals surface area contributed by atoms with Gasteiger partial charge < -0.3 is 19.4 Å². The largest absolute Gasteiger partial charge is 0.496 e. The van der Waals surface area contributed by atoms with Crippen molar-refractivity contribution in [2.24, 2.45) is 7.05 Å². The Hall–Kier alpha value is -3.28. The summed E-state index contributed by atoms with van der Waals surface area (Å²) in [6.07, 6.45) is 3.55. The van der Waals surface area contributed by atoms with Gasteiger partial charge in [-0.2, -0.15) is 0 Å². The molecule has 1 unspecified atom stereocenters. The highest BCUT2D eigenvalue weighted by Gasteiger charge is 2.24. The number of benzene rings is 2. The van der Waals surface area contributed by atoms with Crippen molar-refractivity contribution in [3.05, 3.63) is 77.4 Å². The molecule has 2 aromatic carbocycles. The smallest absolute Gasteiger partial charge is 0.258 e. The van der Waals surface area contributed by atoms with Crippen molar-refractivity contribution in [2.75, 3.05) is 13.7 Å². The molecule has 1 N–H and O–H groups in total. The Labute approximate surface area is 165 Å². The van der Waals surface area contributed by atoms with E-state index in [0.717, 1.165) is 11.1 Å². The quantitative estimate of drug-likeness (QED) is 0.684. The van der Waals surface area contributed by atoms with E-state index in [1.54, 1.807) is 13.3 Å². The molecule has 6 heteroatoms. The number of hydrogen-bond donors (Lipinski definition) is 1. The summed E-state index contributed by atoms with van der Waals surface area (Å²) in [6, 6.07) is 12.9. The predicted octanol–water partition coefficient (Wildman–Crippen LogP) is 3.33. The summed E-state index contributed by atoms with van der Waals surface area (Å²) in [5.74, 6) is 1.83. The summed E-state index contributed by atoms with van der Waals surface area (Å²) < 4.78 is 13.0. The average Bonchev–Trinajstić information content (AvgIpc) is 3.12. The van der Waals surface area contributed by atoms with Crippen LogP contribution in [0.2, 0.25) is 0 Å². The molecule has 0 spiro atoms. The molecule has 0 aliphatic rings. The van der Waals surface area contributed by atoms with Gasteiger partial charge in [-0.15, -0.1) is 0 Å². The van der Waals surface area contributed by atoms with Crippen molar-refractivity contribution in [3.8, 4) is 11.5 Å². The Kier molecular flexibility index (Phi) is 5.99. The van der Waals surface area contributed by atoms with Crippen molar-refractivity contribution in [1.29, 1.82) is 0 Å². The van der Waals surface area contributed by atoms with E-state index in [1.165, 1.54) is 5.56 Å². The number of aromatic nitrogens is 2. The van der Waals surface area contributed by atoms with Crippen LogP contribution in [-0.2, 0) is 11.8 Å². The van der Waals surface area contributed by atoms with E-state index in [4.69, 9.17) is 9.47 Å². The molecule has 3 rings (SSSR count). The van der Waals surface area contributed by atoms with Crippen molar-refractivity contribution in [1.82, 2.24) is 14.9 Å². The summed E-state index contributed by atoms with van der Waals surface area (Å²) >= 11 is 0. The summed E-state index contributed by atoms with van der Waals surface area (Å²) in [7, 11) is 3.50. The van der Waals surface area contributed by atoms with E-state index in [1.807, 2.05) is 74.1 Å². The lowest BCUT2D eigenvalue weighted by Crippen LogP contribution is -2.34. The van der Waals surface area contributed by atoms with Gasteiger partial charge in [0.05, 0.1) is 7.11 Å². The zero-order valence-electron chi connectivity index (χ0n) is 16.6. The number of imidazole rings is 1. The van der Waals surface area contributed by atoms with Gasteiger partial charge in [0.15, 0.2) is 6.61 Å². The maximum atomic E-state index is 12.6. The highest BCUT2D eigenvalue weighted by atomic mass is 16.5. The number of carbonyl (C=O) groups is 1. The van der Waals surface area contributed by atoms with Crippen LogP contribution in [0.3, 0.4) is 0 Å². The van der Waals surface area contributed by atoms with Gasteiger partial charge in [0, 0.05) is 25.0 Å². The van der Waals surface area contributed by atoms with Crippen LogP contribution in [0.5, 0.6) is 11.5 Å². The monoisotopic (exact) mass is 379 g/mol. The Morgan fingerprint density at radius 1 is 1.18 bits per heavy atom. The number of methoxy groups -OCH3 is 1. The van der Waals surface area contributed by atoms with Crippen molar-refractivity contribution in [3.63, 3.8) is 0 Å². The Morgan fingerprint density at radius 3 is 2.64 bits per heavy atom. The number of nitrogens with zero attached hydrogens (tertiary/aromatic N) is 2. The third kappa shape index (κ3) is 4.34. The van der Waals surface area contributed by atoms with E-state index >= 15 is 0 Å². The standard InChI is InChI=1S/C22H25N3O3/c1-15-9-10-17(13-16(15)2)28-14-20(26)24-21(22-23-11-12-25(22)3)18-7-5-6-8-19(18)27-4/h5-13,21H,14H2,1-4H3,(H,24,26).